The molecule has 14 bridgehead atoms. The van der Waals surface area contributed by atoms with Gasteiger partial charge in [-0.2, -0.15) is 0 Å². The first-order chi connectivity index (χ1) is 36.0. The van der Waals surface area contributed by atoms with E-state index in [1.165, 1.54) is 10.8 Å². The van der Waals surface area contributed by atoms with Crippen LogP contribution in [0.4, 0.5) is 0 Å². The molecule has 14 aromatic rings. The van der Waals surface area contributed by atoms with Gasteiger partial charge in [-0.1, -0.05) is 90.1 Å². The number of benzene rings is 12. The lowest BCUT2D eigenvalue weighted by Crippen LogP contribution is -2.04. The van der Waals surface area contributed by atoms with Crippen molar-refractivity contribution in [3.05, 3.63) is 109 Å². The molecule has 2 heterocycles. The number of hydrogen-bond acceptors (Lipinski definition) is 7. The normalized spacial score (nSPS) is 12.4. The molecular weight excluding hydrogens is 905 g/mol. The van der Waals surface area contributed by atoms with Crippen molar-refractivity contribution in [2.24, 2.45) is 0 Å². The zero-order chi connectivity index (χ0) is 49.5. The van der Waals surface area contributed by atoms with Gasteiger partial charge in [0.25, 0.3) is 0 Å². The molecule has 14 rings (SSSR count). The van der Waals surface area contributed by atoms with Gasteiger partial charge in [0, 0.05) is 75.4 Å². The topological polar surface area (TPSA) is 68.5 Å². The first-order valence-electron chi connectivity index (χ1n) is 26.8. The molecule has 7 nitrogen and oxygen atoms in total. The molecule has 366 valence electrons. The van der Waals surface area contributed by atoms with E-state index in [1.807, 2.05) is 0 Å². The van der Waals surface area contributed by atoms with Gasteiger partial charge in [-0.25, -0.2) is 0 Å². The predicted molar refractivity (Wildman–Crippen MR) is 306 cm³/mol. The molecule has 0 radical (unpaired) electrons. The van der Waals surface area contributed by atoms with Crippen molar-refractivity contribution in [3.8, 4) is 34.5 Å². The van der Waals surface area contributed by atoms with E-state index < -0.39 is 0 Å². The quantitative estimate of drug-likeness (QED) is 0.0794. The van der Waals surface area contributed by atoms with E-state index in [1.54, 1.807) is 0 Å². The maximum absolute atomic E-state index is 7.34. The molecule has 0 aliphatic heterocycles. The van der Waals surface area contributed by atoms with E-state index >= 15 is 0 Å². The van der Waals surface area contributed by atoms with E-state index in [0.717, 1.165) is 192 Å². The largest absolute Gasteiger partial charge is 0.489 e. The predicted octanol–water partition coefficient (Wildman–Crippen LogP) is 18.7. The standard InChI is InChI=1S/C66H60O7/c1-7-31-67-61-47-23-13-37-39-15-25-49-57-43(39)19-21-45-53(29-27-51(59(45)57)65(71-35-11-5)63(49)69-33-9-3)73-54-30-28-52-60-46(54)22-20-44-40(16-26-50(58(44)60)64(70-34-10-4)66(52)72-36-12-6)38-14-24-48(62(61)68-32-8-2)56-42(38)18-17-41(37)55(47)56/h13-30H,7-12,31-36H2,1-6H3. The zero-order valence-electron chi connectivity index (χ0n) is 42.7. The summed E-state index contributed by atoms with van der Waals surface area (Å²) in [5, 5.41) is 24.1. The number of rotatable bonds is 18. The summed E-state index contributed by atoms with van der Waals surface area (Å²) in [6.45, 7) is 16.3. The summed E-state index contributed by atoms with van der Waals surface area (Å²) >= 11 is 0. The van der Waals surface area contributed by atoms with Crippen molar-refractivity contribution in [2.45, 2.75) is 80.1 Å². The Balaban J connectivity index is 1.31. The van der Waals surface area contributed by atoms with E-state index in [9.17, 15) is 0 Å². The third-order valence-electron chi connectivity index (χ3n) is 15.0. The van der Waals surface area contributed by atoms with E-state index in [-0.39, 0.29) is 0 Å². The van der Waals surface area contributed by atoms with Gasteiger partial charge in [-0.05, 0) is 142 Å². The summed E-state index contributed by atoms with van der Waals surface area (Å²) in [7, 11) is 0. The molecule has 0 atom stereocenters. The van der Waals surface area contributed by atoms with Crippen molar-refractivity contribution in [2.75, 3.05) is 39.6 Å². The van der Waals surface area contributed by atoms with Crippen molar-refractivity contribution in [1.29, 1.82) is 0 Å². The minimum Gasteiger partial charge on any atom is -0.489 e. The minimum absolute atomic E-state index is 0.566. The summed E-state index contributed by atoms with van der Waals surface area (Å²) in [6.07, 6.45) is 5.22. The van der Waals surface area contributed by atoms with Gasteiger partial charge in [0.15, 0.2) is 34.5 Å². The van der Waals surface area contributed by atoms with Crippen molar-refractivity contribution < 1.29 is 32.8 Å². The van der Waals surface area contributed by atoms with Crippen LogP contribution in [-0.2, 0) is 0 Å². The van der Waals surface area contributed by atoms with Gasteiger partial charge in [-0.15, -0.1) is 0 Å². The van der Waals surface area contributed by atoms with Crippen LogP contribution in [0, 0.1) is 0 Å². The Morgan fingerprint density at radius 2 is 0.397 bits per heavy atom. The van der Waals surface area contributed by atoms with Gasteiger partial charge in [0.2, 0.25) is 0 Å². The molecule has 0 saturated carbocycles. The van der Waals surface area contributed by atoms with Crippen LogP contribution in [0.15, 0.2) is 114 Å². The van der Waals surface area contributed by atoms with Crippen LogP contribution in [0.2, 0.25) is 0 Å². The van der Waals surface area contributed by atoms with Gasteiger partial charge < -0.3 is 32.8 Å². The molecule has 0 N–H and O–H groups in total. The van der Waals surface area contributed by atoms with Gasteiger partial charge in [0.1, 0.15) is 11.2 Å². The molecule has 73 heavy (non-hydrogen) atoms. The number of fused-ring (bicyclic) bond motifs is 1. The summed E-state index contributed by atoms with van der Waals surface area (Å²) < 4.78 is 48.0. The van der Waals surface area contributed by atoms with Crippen LogP contribution in [0.3, 0.4) is 0 Å². The Labute approximate surface area is 424 Å². The number of ether oxygens (including phenoxy) is 6. The first kappa shape index (κ1) is 45.2. The molecule has 0 spiro atoms. The minimum atomic E-state index is 0.566. The highest BCUT2D eigenvalue weighted by molar-refractivity contribution is 6.39. The molecule has 0 saturated heterocycles. The van der Waals surface area contributed by atoms with Gasteiger partial charge in [-0.3, -0.25) is 0 Å². The smallest absolute Gasteiger partial charge is 0.169 e. The van der Waals surface area contributed by atoms with Crippen molar-refractivity contribution in [3.63, 3.8) is 0 Å². The second kappa shape index (κ2) is 18.1. The summed E-state index contributed by atoms with van der Waals surface area (Å²) in [5.41, 5.74) is 1.53. The summed E-state index contributed by atoms with van der Waals surface area (Å²) in [5.74, 6) is 4.73. The van der Waals surface area contributed by atoms with E-state index in [2.05, 4.69) is 151 Å². The average molecular weight is 965 g/mol. The fraction of sp³-hybridized carbons (Fsp3) is 0.273. The SMILES string of the molecule is CCCOc1c(OCCC)c2ccc3c4ccc5c(OCCC)c(OCCC)c6ccc(c7ccc8c(OCCC)c(OCCC)c9ccc(oc%10ccc1c1c%10ccc3c21)c1ccc7c8c91)c1ccc4c5c61. The molecule has 7 heteroatoms. The molecule has 0 aliphatic rings. The molecular formula is C66H60O7. The van der Waals surface area contributed by atoms with Crippen molar-refractivity contribution in [1.82, 2.24) is 0 Å². The Hall–Kier alpha value is -7.64. The number of hydrogen-bond donors (Lipinski definition) is 0. The monoisotopic (exact) mass is 964 g/mol. The lowest BCUT2D eigenvalue weighted by atomic mass is 9.86. The van der Waals surface area contributed by atoms with Crippen LogP contribution >= 0.6 is 0 Å². The lowest BCUT2D eigenvalue weighted by Gasteiger charge is -2.22. The maximum atomic E-state index is 7.34. The third-order valence-corrected chi connectivity index (χ3v) is 15.0. The van der Waals surface area contributed by atoms with Crippen LogP contribution in [0.25, 0.3) is 130 Å². The first-order valence-corrected chi connectivity index (χ1v) is 26.8. The molecule has 12 aromatic carbocycles. The molecule has 0 unspecified atom stereocenters. The van der Waals surface area contributed by atoms with Crippen molar-refractivity contribution >= 4 is 130 Å². The zero-order valence-corrected chi connectivity index (χ0v) is 42.7. The average Bonchev–Trinajstić information content (AvgIpc) is 3.42. The highest BCUT2D eigenvalue weighted by Gasteiger charge is 2.27. The van der Waals surface area contributed by atoms with Crippen LogP contribution in [0.1, 0.15) is 80.1 Å². The van der Waals surface area contributed by atoms with Crippen LogP contribution in [0.5, 0.6) is 34.5 Å². The van der Waals surface area contributed by atoms with Gasteiger partial charge >= 0.3 is 0 Å². The summed E-state index contributed by atoms with van der Waals surface area (Å²) in [6, 6.07) is 40.6. The van der Waals surface area contributed by atoms with E-state index in [0.29, 0.717) is 39.6 Å². The molecule has 0 aliphatic carbocycles. The molecule has 0 amide bonds. The lowest BCUT2D eigenvalue weighted by molar-refractivity contribution is 0.274. The summed E-state index contributed by atoms with van der Waals surface area (Å²) in [4.78, 5) is 0. The van der Waals surface area contributed by atoms with Crippen LogP contribution in [-0.4, -0.2) is 39.6 Å². The van der Waals surface area contributed by atoms with Gasteiger partial charge in [0.05, 0.1) is 39.6 Å². The van der Waals surface area contributed by atoms with Crippen LogP contribution < -0.4 is 28.4 Å². The third kappa shape index (κ3) is 6.69. The second-order valence-corrected chi connectivity index (χ2v) is 19.8. The highest BCUT2D eigenvalue weighted by Crippen LogP contribution is 2.55. The second-order valence-electron chi connectivity index (χ2n) is 19.8. The highest BCUT2D eigenvalue weighted by atomic mass is 16.5. The Kier molecular flexibility index (Phi) is 11.2. The Morgan fingerprint density at radius 1 is 0.219 bits per heavy atom. The molecule has 0 fully saturated rings. The van der Waals surface area contributed by atoms with E-state index in [4.69, 9.17) is 32.8 Å². The molecule has 2 aromatic heterocycles. The fourth-order valence-corrected chi connectivity index (χ4v) is 12.0. The maximum Gasteiger partial charge on any atom is 0.169 e. The Morgan fingerprint density at radius 3 is 0.630 bits per heavy atom. The fourth-order valence-electron chi connectivity index (χ4n) is 12.0. The Bertz CT molecular complexity index is 4020.